The van der Waals surface area contributed by atoms with Crippen molar-refractivity contribution in [3.63, 3.8) is 0 Å². The summed E-state index contributed by atoms with van der Waals surface area (Å²) in [6, 6.07) is 4.75. The van der Waals surface area contributed by atoms with Gasteiger partial charge in [-0.3, -0.25) is 9.59 Å². The molecule has 6 nitrogen and oxygen atoms in total. The third-order valence-corrected chi connectivity index (χ3v) is 3.02. The largest absolute Gasteiger partial charge is 0.310 e. The van der Waals surface area contributed by atoms with Gasteiger partial charge in [-0.1, -0.05) is 0 Å². The van der Waals surface area contributed by atoms with Gasteiger partial charge in [0.2, 0.25) is 0 Å². The maximum Gasteiger partial charge on any atom is 0.275 e. The number of hydrogen-bond acceptors (Lipinski definition) is 5. The SMILES string of the molecule is CSCc1nc(C(=O)Nc2cc(C)ccn2)cc(=O)[nH]1. The number of amides is 1. The van der Waals surface area contributed by atoms with E-state index in [4.69, 9.17) is 0 Å². The maximum atomic E-state index is 12.1. The second kappa shape index (κ2) is 6.33. The zero-order valence-corrected chi connectivity index (χ0v) is 12.0. The molecule has 0 radical (unpaired) electrons. The lowest BCUT2D eigenvalue weighted by Gasteiger charge is -2.05. The van der Waals surface area contributed by atoms with Gasteiger partial charge in [-0.15, -0.1) is 0 Å². The summed E-state index contributed by atoms with van der Waals surface area (Å²) in [4.78, 5) is 34.3. The zero-order chi connectivity index (χ0) is 14.5. The van der Waals surface area contributed by atoms with Crippen molar-refractivity contribution in [3.05, 3.63) is 51.8 Å². The fraction of sp³-hybridized carbons (Fsp3) is 0.231. The van der Waals surface area contributed by atoms with Gasteiger partial charge >= 0.3 is 0 Å². The van der Waals surface area contributed by atoms with Gasteiger partial charge in [-0.2, -0.15) is 11.8 Å². The number of aromatic nitrogens is 3. The Kier molecular flexibility index (Phi) is 4.52. The number of nitrogens with zero attached hydrogens (tertiary/aromatic N) is 2. The first-order valence-corrected chi connectivity index (χ1v) is 7.31. The standard InChI is InChI=1S/C13H14N4O2S/c1-8-3-4-14-10(5-8)17-13(19)9-6-12(18)16-11(15-9)7-20-2/h3-6H,7H2,1-2H3,(H,14,17,19)(H,15,16,18). The fourth-order valence-corrected chi connectivity index (χ4v) is 2.02. The summed E-state index contributed by atoms with van der Waals surface area (Å²) in [5, 5.41) is 2.62. The summed E-state index contributed by atoms with van der Waals surface area (Å²) >= 11 is 1.51. The molecule has 2 aromatic heterocycles. The zero-order valence-electron chi connectivity index (χ0n) is 11.1. The van der Waals surface area contributed by atoms with Crippen LogP contribution in [0, 0.1) is 6.92 Å². The van der Waals surface area contributed by atoms with E-state index in [9.17, 15) is 9.59 Å². The highest BCUT2D eigenvalue weighted by Crippen LogP contribution is 2.07. The van der Waals surface area contributed by atoms with Crippen molar-refractivity contribution in [1.82, 2.24) is 15.0 Å². The Labute approximate surface area is 120 Å². The number of aromatic amines is 1. The minimum absolute atomic E-state index is 0.0844. The third-order valence-electron chi connectivity index (χ3n) is 2.46. The molecule has 1 amide bonds. The van der Waals surface area contributed by atoms with Gasteiger partial charge in [0.15, 0.2) is 0 Å². The van der Waals surface area contributed by atoms with Gasteiger partial charge in [0.1, 0.15) is 17.3 Å². The van der Waals surface area contributed by atoms with Crippen LogP contribution in [0.4, 0.5) is 5.82 Å². The molecule has 2 heterocycles. The number of carbonyl (C=O) groups excluding carboxylic acids is 1. The van der Waals surface area contributed by atoms with Crippen LogP contribution in [0.25, 0.3) is 0 Å². The van der Waals surface area contributed by atoms with Crippen molar-refractivity contribution < 1.29 is 4.79 Å². The number of hydrogen-bond donors (Lipinski definition) is 2. The van der Waals surface area contributed by atoms with E-state index in [1.807, 2.05) is 19.2 Å². The summed E-state index contributed by atoms with van der Waals surface area (Å²) in [5.41, 5.74) is 0.727. The Hall–Kier alpha value is -2.15. The molecule has 0 aliphatic carbocycles. The molecule has 0 saturated carbocycles. The van der Waals surface area contributed by atoms with E-state index in [2.05, 4.69) is 20.3 Å². The quantitative estimate of drug-likeness (QED) is 0.892. The number of rotatable bonds is 4. The molecule has 7 heteroatoms. The van der Waals surface area contributed by atoms with E-state index in [0.717, 1.165) is 5.56 Å². The van der Waals surface area contributed by atoms with Crippen LogP contribution in [0.1, 0.15) is 21.9 Å². The predicted octanol–water partition coefficient (Wildman–Crippen LogP) is 1.59. The Morgan fingerprint density at radius 1 is 1.45 bits per heavy atom. The molecule has 0 atom stereocenters. The molecule has 2 N–H and O–H groups in total. The van der Waals surface area contributed by atoms with E-state index in [0.29, 0.717) is 17.4 Å². The minimum Gasteiger partial charge on any atom is -0.310 e. The Morgan fingerprint density at radius 2 is 2.25 bits per heavy atom. The van der Waals surface area contributed by atoms with Crippen LogP contribution >= 0.6 is 11.8 Å². The van der Waals surface area contributed by atoms with Crippen LogP contribution in [0.2, 0.25) is 0 Å². The van der Waals surface area contributed by atoms with E-state index in [1.54, 1.807) is 12.3 Å². The molecule has 104 valence electrons. The fourth-order valence-electron chi connectivity index (χ4n) is 1.61. The number of carbonyl (C=O) groups is 1. The monoisotopic (exact) mass is 290 g/mol. The second-order valence-corrected chi connectivity index (χ2v) is 5.05. The van der Waals surface area contributed by atoms with Crippen LogP contribution < -0.4 is 10.9 Å². The Morgan fingerprint density at radius 3 is 2.95 bits per heavy atom. The summed E-state index contributed by atoms with van der Waals surface area (Å²) in [6.07, 6.45) is 3.50. The second-order valence-electron chi connectivity index (χ2n) is 4.18. The van der Waals surface area contributed by atoms with Crippen molar-refractivity contribution in [2.45, 2.75) is 12.7 Å². The topological polar surface area (TPSA) is 87.7 Å². The molecule has 2 aromatic rings. The van der Waals surface area contributed by atoms with Crippen LogP contribution in [0.15, 0.2) is 29.2 Å². The van der Waals surface area contributed by atoms with E-state index >= 15 is 0 Å². The maximum absolute atomic E-state index is 12.1. The smallest absolute Gasteiger partial charge is 0.275 e. The first-order chi connectivity index (χ1) is 9.58. The van der Waals surface area contributed by atoms with Crippen molar-refractivity contribution in [3.8, 4) is 0 Å². The normalized spacial score (nSPS) is 10.3. The van der Waals surface area contributed by atoms with Crippen molar-refractivity contribution >= 4 is 23.5 Å². The van der Waals surface area contributed by atoms with Crippen LogP contribution in [-0.2, 0) is 5.75 Å². The predicted molar refractivity (Wildman–Crippen MR) is 79.0 cm³/mol. The van der Waals surface area contributed by atoms with E-state index < -0.39 is 5.91 Å². The third kappa shape index (κ3) is 3.67. The molecule has 0 unspecified atom stereocenters. The molecule has 0 aliphatic rings. The molecular formula is C13H14N4O2S. The van der Waals surface area contributed by atoms with E-state index in [-0.39, 0.29) is 11.3 Å². The number of aryl methyl sites for hydroxylation is 1. The van der Waals surface area contributed by atoms with Crippen molar-refractivity contribution in [1.29, 1.82) is 0 Å². The van der Waals surface area contributed by atoms with Crippen molar-refractivity contribution in [2.75, 3.05) is 11.6 Å². The highest BCUT2D eigenvalue weighted by molar-refractivity contribution is 7.97. The molecular weight excluding hydrogens is 276 g/mol. The van der Waals surface area contributed by atoms with Gasteiger partial charge in [0.05, 0.1) is 5.75 Å². The summed E-state index contributed by atoms with van der Waals surface area (Å²) in [5.74, 6) is 1.01. The number of H-pyrrole nitrogens is 1. The molecule has 20 heavy (non-hydrogen) atoms. The number of pyridine rings is 1. The molecule has 2 rings (SSSR count). The summed E-state index contributed by atoms with van der Waals surface area (Å²) in [6.45, 7) is 1.90. The lowest BCUT2D eigenvalue weighted by Crippen LogP contribution is -2.20. The highest BCUT2D eigenvalue weighted by Gasteiger charge is 2.11. The van der Waals surface area contributed by atoms with Gasteiger partial charge in [-0.25, -0.2) is 9.97 Å². The summed E-state index contributed by atoms with van der Waals surface area (Å²) < 4.78 is 0. The molecule has 0 fully saturated rings. The first-order valence-electron chi connectivity index (χ1n) is 5.91. The summed E-state index contributed by atoms with van der Waals surface area (Å²) in [7, 11) is 0. The van der Waals surface area contributed by atoms with Gasteiger partial charge in [-0.05, 0) is 30.9 Å². The van der Waals surface area contributed by atoms with Crippen LogP contribution in [0.5, 0.6) is 0 Å². The van der Waals surface area contributed by atoms with Crippen LogP contribution in [0.3, 0.4) is 0 Å². The van der Waals surface area contributed by atoms with Crippen LogP contribution in [-0.4, -0.2) is 27.1 Å². The first kappa shape index (κ1) is 14.3. The molecule has 0 spiro atoms. The number of nitrogens with one attached hydrogen (secondary N) is 2. The van der Waals surface area contributed by atoms with Gasteiger partial charge in [0.25, 0.3) is 11.5 Å². The number of anilines is 1. The minimum atomic E-state index is -0.448. The number of thioether (sulfide) groups is 1. The lowest BCUT2D eigenvalue weighted by molar-refractivity contribution is 0.102. The Balaban J connectivity index is 2.22. The average Bonchev–Trinajstić information content (AvgIpc) is 2.38. The van der Waals surface area contributed by atoms with Gasteiger partial charge in [0, 0.05) is 12.3 Å². The lowest BCUT2D eigenvalue weighted by atomic mass is 10.3. The Bertz CT molecular complexity index is 684. The average molecular weight is 290 g/mol. The van der Waals surface area contributed by atoms with E-state index in [1.165, 1.54) is 17.8 Å². The molecule has 0 aliphatic heterocycles. The van der Waals surface area contributed by atoms with Gasteiger partial charge < -0.3 is 10.3 Å². The molecule has 0 bridgehead atoms. The van der Waals surface area contributed by atoms with Crippen molar-refractivity contribution in [2.24, 2.45) is 0 Å². The highest BCUT2D eigenvalue weighted by atomic mass is 32.2. The molecule has 0 aromatic carbocycles. The molecule has 0 saturated heterocycles.